The number of nitrogens with zero attached hydrogens (tertiary/aromatic N) is 2. The number of rotatable bonds is 4. The highest BCUT2D eigenvalue weighted by Crippen LogP contribution is 2.25. The zero-order valence-corrected chi connectivity index (χ0v) is 12.2. The summed E-state index contributed by atoms with van der Waals surface area (Å²) in [6.45, 7) is 1.79. The summed E-state index contributed by atoms with van der Waals surface area (Å²) in [5, 5.41) is 0.312. The SMILES string of the molecule is Cc1c(N)cc(S(=O)(=O)NCc2ccncn2)cc1Cl. The van der Waals surface area contributed by atoms with E-state index in [1.807, 2.05) is 0 Å². The zero-order valence-electron chi connectivity index (χ0n) is 10.7. The third-order valence-corrected chi connectivity index (χ3v) is 4.53. The van der Waals surface area contributed by atoms with Crippen LogP contribution in [0, 0.1) is 6.92 Å². The van der Waals surface area contributed by atoms with Crippen molar-refractivity contribution in [2.24, 2.45) is 0 Å². The van der Waals surface area contributed by atoms with Crippen molar-refractivity contribution in [3.05, 3.63) is 47.0 Å². The average molecular weight is 313 g/mol. The predicted molar refractivity (Wildman–Crippen MR) is 76.7 cm³/mol. The van der Waals surface area contributed by atoms with Gasteiger partial charge in [0.2, 0.25) is 10.0 Å². The molecule has 2 rings (SSSR count). The van der Waals surface area contributed by atoms with Gasteiger partial charge in [-0.25, -0.2) is 23.1 Å². The molecule has 1 aromatic carbocycles. The maximum atomic E-state index is 12.2. The molecule has 8 heteroatoms. The molecule has 0 amide bonds. The lowest BCUT2D eigenvalue weighted by Crippen LogP contribution is -2.24. The highest BCUT2D eigenvalue weighted by atomic mass is 35.5. The van der Waals surface area contributed by atoms with E-state index < -0.39 is 10.0 Å². The first-order chi connectivity index (χ1) is 9.40. The van der Waals surface area contributed by atoms with Gasteiger partial charge in [-0.1, -0.05) is 11.6 Å². The molecule has 106 valence electrons. The second-order valence-electron chi connectivity index (χ2n) is 4.14. The summed E-state index contributed by atoms with van der Waals surface area (Å²) in [4.78, 5) is 7.72. The van der Waals surface area contributed by atoms with Crippen LogP contribution in [0.3, 0.4) is 0 Å². The predicted octanol–water partition coefficient (Wildman–Crippen LogP) is 1.50. The third-order valence-electron chi connectivity index (χ3n) is 2.75. The molecule has 0 aliphatic carbocycles. The van der Waals surface area contributed by atoms with Gasteiger partial charge < -0.3 is 5.73 Å². The number of aromatic nitrogens is 2. The quantitative estimate of drug-likeness (QED) is 0.834. The minimum atomic E-state index is -3.70. The minimum Gasteiger partial charge on any atom is -0.398 e. The van der Waals surface area contributed by atoms with Crippen LogP contribution in [-0.2, 0) is 16.6 Å². The summed E-state index contributed by atoms with van der Waals surface area (Å²) in [6.07, 6.45) is 2.89. The molecule has 1 aromatic heterocycles. The molecule has 3 N–H and O–H groups in total. The highest BCUT2D eigenvalue weighted by molar-refractivity contribution is 7.89. The number of hydrogen-bond acceptors (Lipinski definition) is 5. The first kappa shape index (κ1) is 14.7. The van der Waals surface area contributed by atoms with Gasteiger partial charge in [-0.3, -0.25) is 0 Å². The smallest absolute Gasteiger partial charge is 0.241 e. The van der Waals surface area contributed by atoms with Crippen molar-refractivity contribution in [2.45, 2.75) is 18.4 Å². The van der Waals surface area contributed by atoms with E-state index in [9.17, 15) is 8.42 Å². The van der Waals surface area contributed by atoms with Gasteiger partial charge in [0.15, 0.2) is 0 Å². The van der Waals surface area contributed by atoms with Crippen LogP contribution in [0.15, 0.2) is 35.6 Å². The standard InChI is InChI=1S/C12H13ClN4O2S/c1-8-11(13)4-10(5-12(8)14)20(18,19)17-6-9-2-3-15-7-16-9/h2-5,7,17H,6,14H2,1H3. The van der Waals surface area contributed by atoms with E-state index in [1.54, 1.807) is 13.0 Å². The van der Waals surface area contributed by atoms with E-state index in [-0.39, 0.29) is 11.4 Å². The third kappa shape index (κ3) is 3.24. The van der Waals surface area contributed by atoms with Gasteiger partial charge in [0, 0.05) is 16.9 Å². The number of halogens is 1. The fraction of sp³-hybridized carbons (Fsp3) is 0.167. The molecule has 0 aliphatic rings. The molecule has 2 aromatic rings. The normalized spacial score (nSPS) is 11.5. The summed E-state index contributed by atoms with van der Waals surface area (Å²) in [5.41, 5.74) is 7.28. The van der Waals surface area contributed by atoms with Gasteiger partial charge in [0.25, 0.3) is 0 Å². The molecule has 1 heterocycles. The van der Waals surface area contributed by atoms with E-state index >= 15 is 0 Å². The Bertz CT molecular complexity index is 696. The van der Waals surface area contributed by atoms with Gasteiger partial charge in [0.1, 0.15) is 6.33 Å². The number of nitrogens with two attached hydrogens (primary N) is 1. The monoisotopic (exact) mass is 312 g/mol. The van der Waals surface area contributed by atoms with Crippen molar-refractivity contribution in [3.63, 3.8) is 0 Å². The molecule has 0 atom stereocenters. The number of sulfonamides is 1. The lowest BCUT2D eigenvalue weighted by Gasteiger charge is -2.09. The van der Waals surface area contributed by atoms with Gasteiger partial charge in [-0.2, -0.15) is 0 Å². The van der Waals surface area contributed by atoms with E-state index in [0.29, 0.717) is 22.0 Å². The molecule has 20 heavy (non-hydrogen) atoms. The summed E-state index contributed by atoms with van der Waals surface area (Å²) in [5.74, 6) is 0. The van der Waals surface area contributed by atoms with E-state index in [4.69, 9.17) is 17.3 Å². The molecule has 0 radical (unpaired) electrons. The Morgan fingerprint density at radius 1 is 1.40 bits per heavy atom. The molecule has 0 aliphatic heterocycles. The lowest BCUT2D eigenvalue weighted by molar-refractivity contribution is 0.580. The average Bonchev–Trinajstić information content (AvgIpc) is 2.43. The van der Waals surface area contributed by atoms with E-state index in [1.165, 1.54) is 24.7 Å². The first-order valence-electron chi connectivity index (χ1n) is 5.70. The lowest BCUT2D eigenvalue weighted by atomic mass is 10.2. The van der Waals surface area contributed by atoms with Gasteiger partial charge in [-0.15, -0.1) is 0 Å². The molecule has 0 unspecified atom stereocenters. The Kier molecular flexibility index (Phi) is 4.22. The fourth-order valence-corrected chi connectivity index (χ4v) is 2.86. The molecule has 0 bridgehead atoms. The van der Waals surface area contributed by atoms with E-state index in [2.05, 4.69) is 14.7 Å². The minimum absolute atomic E-state index is 0.0275. The molecular weight excluding hydrogens is 300 g/mol. The Labute approximate surface area is 122 Å². The molecule has 0 spiro atoms. The van der Waals surface area contributed by atoms with Crippen LogP contribution >= 0.6 is 11.6 Å². The van der Waals surface area contributed by atoms with Crippen LogP contribution < -0.4 is 10.5 Å². The number of nitrogens with one attached hydrogen (secondary N) is 1. The van der Waals surface area contributed by atoms with Crippen molar-refractivity contribution < 1.29 is 8.42 Å². The number of benzene rings is 1. The van der Waals surface area contributed by atoms with E-state index in [0.717, 1.165) is 0 Å². The van der Waals surface area contributed by atoms with Crippen molar-refractivity contribution in [1.82, 2.24) is 14.7 Å². The largest absolute Gasteiger partial charge is 0.398 e. The van der Waals surface area contributed by atoms with Gasteiger partial charge in [-0.05, 0) is 30.7 Å². The van der Waals surface area contributed by atoms with Gasteiger partial charge >= 0.3 is 0 Å². The topological polar surface area (TPSA) is 98.0 Å². The van der Waals surface area contributed by atoms with Crippen LogP contribution in [0.25, 0.3) is 0 Å². The highest BCUT2D eigenvalue weighted by Gasteiger charge is 2.16. The Balaban J connectivity index is 2.23. The fourth-order valence-electron chi connectivity index (χ4n) is 1.50. The zero-order chi connectivity index (χ0) is 14.8. The van der Waals surface area contributed by atoms with Crippen LogP contribution in [0.2, 0.25) is 5.02 Å². The van der Waals surface area contributed by atoms with Crippen molar-refractivity contribution in [2.75, 3.05) is 5.73 Å². The Morgan fingerprint density at radius 2 is 2.15 bits per heavy atom. The van der Waals surface area contributed by atoms with Crippen LogP contribution in [0.4, 0.5) is 5.69 Å². The maximum Gasteiger partial charge on any atom is 0.241 e. The molecule has 6 nitrogen and oxygen atoms in total. The number of hydrogen-bond donors (Lipinski definition) is 2. The summed E-state index contributed by atoms with van der Waals surface area (Å²) >= 11 is 5.95. The van der Waals surface area contributed by atoms with Crippen molar-refractivity contribution in [1.29, 1.82) is 0 Å². The first-order valence-corrected chi connectivity index (χ1v) is 7.56. The van der Waals surface area contributed by atoms with Crippen LogP contribution in [-0.4, -0.2) is 18.4 Å². The molecule has 0 saturated heterocycles. The maximum absolute atomic E-state index is 12.2. The second-order valence-corrected chi connectivity index (χ2v) is 6.32. The van der Waals surface area contributed by atoms with Crippen molar-refractivity contribution >= 4 is 27.3 Å². The Morgan fingerprint density at radius 3 is 2.75 bits per heavy atom. The molecular formula is C12H13ClN4O2S. The summed E-state index contributed by atoms with van der Waals surface area (Å²) < 4.78 is 26.7. The molecule has 0 fully saturated rings. The van der Waals surface area contributed by atoms with Crippen LogP contribution in [0.5, 0.6) is 0 Å². The second kappa shape index (κ2) is 5.74. The van der Waals surface area contributed by atoms with Gasteiger partial charge in [0.05, 0.1) is 17.1 Å². The number of nitrogen functional groups attached to an aromatic ring is 1. The summed E-state index contributed by atoms with van der Waals surface area (Å²) in [7, 11) is -3.70. The van der Waals surface area contributed by atoms with Crippen LogP contribution in [0.1, 0.15) is 11.3 Å². The Hall–Kier alpha value is -1.70. The summed E-state index contributed by atoms with van der Waals surface area (Å²) in [6, 6.07) is 4.37. The molecule has 0 saturated carbocycles. The number of anilines is 1. The van der Waals surface area contributed by atoms with Crippen molar-refractivity contribution in [3.8, 4) is 0 Å².